The lowest BCUT2D eigenvalue weighted by Gasteiger charge is -2.15. The lowest BCUT2D eigenvalue weighted by Crippen LogP contribution is -2.39. The smallest absolute Gasteiger partial charge is 0.254 e. The van der Waals surface area contributed by atoms with E-state index in [4.69, 9.17) is 5.11 Å². The van der Waals surface area contributed by atoms with Gasteiger partial charge in [-0.1, -0.05) is 12.1 Å². The van der Waals surface area contributed by atoms with Crippen molar-refractivity contribution in [2.24, 2.45) is 0 Å². The molecule has 0 aliphatic rings. The fourth-order valence-corrected chi connectivity index (χ4v) is 1.31. The maximum Gasteiger partial charge on any atom is 0.254 e. The minimum absolute atomic E-state index is 0.102. The molecule has 0 saturated carbocycles. The van der Waals surface area contributed by atoms with Gasteiger partial charge in [0.2, 0.25) is 5.91 Å². The Kier molecular flexibility index (Phi) is 5.26. The summed E-state index contributed by atoms with van der Waals surface area (Å²) in [6.07, 6.45) is 0. The largest absolute Gasteiger partial charge is 0.395 e. The molecule has 0 aliphatic heterocycles. The zero-order valence-electron chi connectivity index (χ0n) is 10.0. The van der Waals surface area contributed by atoms with E-state index in [0.29, 0.717) is 0 Å². The zero-order chi connectivity index (χ0) is 13.5. The van der Waals surface area contributed by atoms with Gasteiger partial charge in [-0.25, -0.2) is 4.39 Å². The number of likely N-dealkylation sites (N-methyl/N-ethyl adjacent to an activating group) is 1. The summed E-state index contributed by atoms with van der Waals surface area (Å²) >= 11 is 0. The molecule has 1 rings (SSSR count). The SMILES string of the molecule is CN(CCO)C(=O)CNC(=O)c1ccccc1F. The molecule has 0 spiro atoms. The molecule has 18 heavy (non-hydrogen) atoms. The molecule has 0 saturated heterocycles. The van der Waals surface area contributed by atoms with Crippen molar-refractivity contribution in [3.8, 4) is 0 Å². The second-order valence-corrected chi connectivity index (χ2v) is 3.70. The zero-order valence-corrected chi connectivity index (χ0v) is 10.0. The van der Waals surface area contributed by atoms with E-state index in [1.807, 2.05) is 0 Å². The van der Waals surface area contributed by atoms with Crippen molar-refractivity contribution >= 4 is 11.8 Å². The molecule has 0 unspecified atom stereocenters. The predicted octanol–water partition coefficient (Wildman–Crippen LogP) is 0.00620. The van der Waals surface area contributed by atoms with Gasteiger partial charge in [-0.15, -0.1) is 0 Å². The van der Waals surface area contributed by atoms with Crippen molar-refractivity contribution in [1.82, 2.24) is 10.2 Å². The van der Waals surface area contributed by atoms with Crippen molar-refractivity contribution < 1.29 is 19.1 Å². The molecule has 0 atom stereocenters. The minimum Gasteiger partial charge on any atom is -0.395 e. The van der Waals surface area contributed by atoms with Crippen LogP contribution < -0.4 is 5.32 Å². The number of aliphatic hydroxyl groups is 1. The fourth-order valence-electron chi connectivity index (χ4n) is 1.31. The molecule has 0 aliphatic carbocycles. The Morgan fingerprint density at radius 2 is 2.06 bits per heavy atom. The quantitative estimate of drug-likeness (QED) is 0.777. The van der Waals surface area contributed by atoms with Gasteiger partial charge in [0.15, 0.2) is 0 Å². The molecule has 0 fully saturated rings. The van der Waals surface area contributed by atoms with Crippen molar-refractivity contribution in [3.63, 3.8) is 0 Å². The molecule has 1 aromatic carbocycles. The van der Waals surface area contributed by atoms with Gasteiger partial charge in [0.25, 0.3) is 5.91 Å². The Morgan fingerprint density at radius 3 is 2.67 bits per heavy atom. The van der Waals surface area contributed by atoms with E-state index in [2.05, 4.69) is 5.32 Å². The normalized spacial score (nSPS) is 9.94. The van der Waals surface area contributed by atoms with Crippen molar-refractivity contribution in [1.29, 1.82) is 0 Å². The Hall–Kier alpha value is -1.95. The summed E-state index contributed by atoms with van der Waals surface area (Å²) in [5.41, 5.74) is -0.102. The highest BCUT2D eigenvalue weighted by Gasteiger charge is 2.13. The Bertz CT molecular complexity index is 437. The standard InChI is InChI=1S/C12H15FN2O3/c1-15(6-7-16)11(17)8-14-12(18)9-4-2-3-5-10(9)13/h2-5,16H,6-8H2,1H3,(H,14,18). The van der Waals surface area contributed by atoms with Crippen LogP contribution in [-0.4, -0.2) is 48.6 Å². The predicted molar refractivity (Wildman–Crippen MR) is 63.5 cm³/mol. The van der Waals surface area contributed by atoms with E-state index in [-0.39, 0.29) is 31.2 Å². The van der Waals surface area contributed by atoms with Gasteiger partial charge in [-0.2, -0.15) is 0 Å². The van der Waals surface area contributed by atoms with E-state index in [9.17, 15) is 14.0 Å². The van der Waals surface area contributed by atoms with Crippen LogP contribution in [0.1, 0.15) is 10.4 Å². The molecule has 0 heterocycles. The lowest BCUT2D eigenvalue weighted by molar-refractivity contribution is -0.129. The van der Waals surface area contributed by atoms with Crippen LogP contribution in [0.4, 0.5) is 4.39 Å². The van der Waals surface area contributed by atoms with E-state index < -0.39 is 11.7 Å². The number of nitrogens with zero attached hydrogens (tertiary/aromatic N) is 1. The third-order valence-electron chi connectivity index (χ3n) is 2.38. The number of halogens is 1. The molecule has 5 nitrogen and oxygen atoms in total. The van der Waals surface area contributed by atoms with Crippen LogP contribution in [0.5, 0.6) is 0 Å². The van der Waals surface area contributed by atoms with Crippen LogP contribution in [-0.2, 0) is 4.79 Å². The Labute approximate surface area is 104 Å². The van der Waals surface area contributed by atoms with Gasteiger partial charge in [-0.05, 0) is 12.1 Å². The Balaban J connectivity index is 2.52. The number of hydrogen-bond donors (Lipinski definition) is 2. The highest BCUT2D eigenvalue weighted by molar-refractivity contribution is 5.96. The summed E-state index contributed by atoms with van der Waals surface area (Å²) in [6.45, 7) is -0.193. The highest BCUT2D eigenvalue weighted by atomic mass is 19.1. The van der Waals surface area contributed by atoms with Gasteiger partial charge < -0.3 is 15.3 Å². The minimum atomic E-state index is -0.640. The van der Waals surface area contributed by atoms with Crippen LogP contribution in [0.25, 0.3) is 0 Å². The first-order valence-electron chi connectivity index (χ1n) is 5.43. The summed E-state index contributed by atoms with van der Waals surface area (Å²) in [7, 11) is 1.51. The van der Waals surface area contributed by atoms with E-state index in [0.717, 1.165) is 0 Å². The summed E-state index contributed by atoms with van der Waals surface area (Å²) < 4.78 is 13.3. The molecule has 2 N–H and O–H groups in total. The van der Waals surface area contributed by atoms with E-state index in [1.165, 1.54) is 36.2 Å². The molecule has 1 aromatic rings. The van der Waals surface area contributed by atoms with Gasteiger partial charge in [0.1, 0.15) is 5.82 Å². The van der Waals surface area contributed by atoms with Crippen molar-refractivity contribution in [2.45, 2.75) is 0 Å². The summed E-state index contributed by atoms with van der Waals surface area (Å²) in [6, 6.07) is 5.53. The number of benzene rings is 1. The third kappa shape index (κ3) is 3.81. The monoisotopic (exact) mass is 254 g/mol. The van der Waals surface area contributed by atoms with Gasteiger partial charge in [-0.3, -0.25) is 9.59 Å². The summed E-state index contributed by atoms with van der Waals surface area (Å²) in [5, 5.41) is 11.0. The van der Waals surface area contributed by atoms with Crippen LogP contribution >= 0.6 is 0 Å². The van der Waals surface area contributed by atoms with E-state index >= 15 is 0 Å². The molecule has 98 valence electrons. The first-order valence-corrected chi connectivity index (χ1v) is 5.43. The molecule has 0 aromatic heterocycles. The number of nitrogens with one attached hydrogen (secondary N) is 1. The van der Waals surface area contributed by atoms with Crippen LogP contribution in [0.2, 0.25) is 0 Å². The molecular weight excluding hydrogens is 239 g/mol. The molecule has 6 heteroatoms. The molecule has 0 bridgehead atoms. The molecule has 2 amide bonds. The number of aliphatic hydroxyl groups excluding tert-OH is 1. The topological polar surface area (TPSA) is 69.6 Å². The van der Waals surface area contributed by atoms with Crippen LogP contribution in [0.15, 0.2) is 24.3 Å². The number of amides is 2. The maximum absolute atomic E-state index is 13.3. The Morgan fingerprint density at radius 1 is 1.39 bits per heavy atom. The number of hydrogen-bond acceptors (Lipinski definition) is 3. The second kappa shape index (κ2) is 6.70. The highest BCUT2D eigenvalue weighted by Crippen LogP contribution is 2.05. The number of carbonyl (C=O) groups excluding carboxylic acids is 2. The fraction of sp³-hybridized carbons (Fsp3) is 0.333. The van der Waals surface area contributed by atoms with Crippen molar-refractivity contribution in [2.75, 3.05) is 26.7 Å². The van der Waals surface area contributed by atoms with Gasteiger partial charge in [0, 0.05) is 13.6 Å². The first kappa shape index (κ1) is 14.1. The van der Waals surface area contributed by atoms with Crippen LogP contribution in [0.3, 0.4) is 0 Å². The van der Waals surface area contributed by atoms with Crippen molar-refractivity contribution in [3.05, 3.63) is 35.6 Å². The number of carbonyl (C=O) groups is 2. The summed E-state index contributed by atoms with van der Waals surface area (Å²) in [5.74, 6) is -1.63. The van der Waals surface area contributed by atoms with Crippen LogP contribution in [0, 0.1) is 5.82 Å². The first-order chi connectivity index (χ1) is 8.56. The lowest BCUT2D eigenvalue weighted by atomic mass is 10.2. The van der Waals surface area contributed by atoms with Gasteiger partial charge in [0.05, 0.1) is 18.7 Å². The number of rotatable bonds is 5. The second-order valence-electron chi connectivity index (χ2n) is 3.70. The third-order valence-corrected chi connectivity index (χ3v) is 2.38. The van der Waals surface area contributed by atoms with Gasteiger partial charge >= 0.3 is 0 Å². The summed E-state index contributed by atoms with van der Waals surface area (Å²) in [4.78, 5) is 24.3. The molecular formula is C12H15FN2O3. The maximum atomic E-state index is 13.3. The average Bonchev–Trinajstić information content (AvgIpc) is 2.36. The molecule has 0 radical (unpaired) electrons. The average molecular weight is 254 g/mol. The van der Waals surface area contributed by atoms with E-state index in [1.54, 1.807) is 0 Å².